The number of ketones is 1. The second kappa shape index (κ2) is 10.5. The van der Waals surface area contributed by atoms with Crippen LogP contribution in [0.15, 0.2) is 0 Å². The Labute approximate surface area is 143 Å². The van der Waals surface area contributed by atoms with Crippen LogP contribution in [0, 0.1) is 17.8 Å². The second-order valence-electron chi connectivity index (χ2n) is 8.02. The van der Waals surface area contributed by atoms with Crippen LogP contribution >= 0.6 is 0 Å². The minimum atomic E-state index is 0.244. The van der Waals surface area contributed by atoms with Crippen LogP contribution < -0.4 is 0 Å². The Morgan fingerprint density at radius 1 is 0.870 bits per heavy atom. The third-order valence-electron chi connectivity index (χ3n) is 6.37. The fourth-order valence-corrected chi connectivity index (χ4v) is 4.67. The minimum absolute atomic E-state index is 0.244. The molecule has 2 aliphatic carbocycles. The molecule has 0 heterocycles. The van der Waals surface area contributed by atoms with Gasteiger partial charge in [-0.3, -0.25) is 4.79 Å². The average Bonchev–Trinajstić information content (AvgIpc) is 2.61. The number of Topliss-reactive ketones (excluding diaryl/α,β-unsaturated/α-hetero) is 1. The highest BCUT2D eigenvalue weighted by atomic mass is 16.5. The molecule has 2 aliphatic rings. The normalized spacial score (nSPS) is 31.9. The number of hydrogen-bond acceptors (Lipinski definition) is 2. The molecule has 0 saturated heterocycles. The lowest BCUT2D eigenvalue weighted by Gasteiger charge is -2.37. The number of carbonyl (C=O) groups excluding carboxylic acids is 1. The highest BCUT2D eigenvalue weighted by Gasteiger charge is 2.31. The van der Waals surface area contributed by atoms with Crippen molar-refractivity contribution in [1.29, 1.82) is 0 Å². The van der Waals surface area contributed by atoms with E-state index in [0.717, 1.165) is 17.8 Å². The quantitative estimate of drug-likeness (QED) is 0.492. The summed E-state index contributed by atoms with van der Waals surface area (Å²) in [6.45, 7) is 4.56. The van der Waals surface area contributed by atoms with Gasteiger partial charge in [0, 0.05) is 6.42 Å². The van der Waals surface area contributed by atoms with Crippen LogP contribution in [-0.4, -0.2) is 18.5 Å². The third kappa shape index (κ3) is 6.57. The molecule has 2 saturated carbocycles. The molecular formula is C21H38O2. The molecule has 0 atom stereocenters. The SMILES string of the molecule is CCCCCC1CCC(C2CCC(OCC(=O)CC)CC2)CC1. The fourth-order valence-electron chi connectivity index (χ4n) is 4.67. The van der Waals surface area contributed by atoms with Crippen molar-refractivity contribution in [3.63, 3.8) is 0 Å². The van der Waals surface area contributed by atoms with Gasteiger partial charge >= 0.3 is 0 Å². The molecule has 2 fully saturated rings. The molecule has 2 heteroatoms. The van der Waals surface area contributed by atoms with Gasteiger partial charge in [0.15, 0.2) is 5.78 Å². The highest BCUT2D eigenvalue weighted by molar-refractivity contribution is 5.79. The molecule has 23 heavy (non-hydrogen) atoms. The van der Waals surface area contributed by atoms with Crippen LogP contribution in [-0.2, 0) is 9.53 Å². The maximum atomic E-state index is 11.4. The Balaban J connectivity index is 1.60. The number of ether oxygens (including phenoxy) is 1. The van der Waals surface area contributed by atoms with E-state index in [1.165, 1.54) is 77.0 Å². The van der Waals surface area contributed by atoms with Gasteiger partial charge in [0.05, 0.1) is 6.10 Å². The summed E-state index contributed by atoms with van der Waals surface area (Å²) >= 11 is 0. The van der Waals surface area contributed by atoms with E-state index in [4.69, 9.17) is 4.74 Å². The molecule has 0 amide bonds. The van der Waals surface area contributed by atoms with Gasteiger partial charge in [-0.25, -0.2) is 0 Å². The summed E-state index contributed by atoms with van der Waals surface area (Å²) in [5, 5.41) is 0. The zero-order valence-corrected chi connectivity index (χ0v) is 15.5. The van der Waals surface area contributed by atoms with Crippen molar-refractivity contribution in [3.05, 3.63) is 0 Å². The number of hydrogen-bond donors (Lipinski definition) is 0. The Hall–Kier alpha value is -0.370. The maximum Gasteiger partial charge on any atom is 0.158 e. The molecule has 0 N–H and O–H groups in total. The largest absolute Gasteiger partial charge is 0.370 e. The lowest BCUT2D eigenvalue weighted by molar-refractivity contribution is -0.126. The van der Waals surface area contributed by atoms with Gasteiger partial charge in [0.25, 0.3) is 0 Å². The van der Waals surface area contributed by atoms with Crippen LogP contribution in [0.2, 0.25) is 0 Å². The zero-order chi connectivity index (χ0) is 16.5. The van der Waals surface area contributed by atoms with Crippen LogP contribution in [0.4, 0.5) is 0 Å². The topological polar surface area (TPSA) is 26.3 Å². The minimum Gasteiger partial charge on any atom is -0.370 e. The summed E-state index contributed by atoms with van der Waals surface area (Å²) in [6.07, 6.45) is 17.6. The summed E-state index contributed by atoms with van der Waals surface area (Å²) in [5.41, 5.74) is 0. The van der Waals surface area contributed by atoms with Gasteiger partial charge in [-0.05, 0) is 56.3 Å². The van der Waals surface area contributed by atoms with Crippen LogP contribution in [0.5, 0.6) is 0 Å². The summed E-state index contributed by atoms with van der Waals surface area (Å²) in [5.74, 6) is 3.19. The van der Waals surface area contributed by atoms with Gasteiger partial charge in [-0.2, -0.15) is 0 Å². The van der Waals surface area contributed by atoms with Crippen molar-refractivity contribution >= 4 is 5.78 Å². The summed E-state index contributed by atoms with van der Waals surface area (Å²) in [4.78, 5) is 11.4. The van der Waals surface area contributed by atoms with Crippen molar-refractivity contribution in [2.75, 3.05) is 6.61 Å². The fraction of sp³-hybridized carbons (Fsp3) is 0.952. The number of rotatable bonds is 9. The van der Waals surface area contributed by atoms with Crippen molar-refractivity contribution in [2.24, 2.45) is 17.8 Å². The van der Waals surface area contributed by atoms with E-state index in [0.29, 0.717) is 19.1 Å². The van der Waals surface area contributed by atoms with Crippen molar-refractivity contribution < 1.29 is 9.53 Å². The Kier molecular flexibility index (Phi) is 8.64. The monoisotopic (exact) mass is 322 g/mol. The van der Waals surface area contributed by atoms with E-state index in [2.05, 4.69) is 6.92 Å². The predicted octanol–water partition coefficient (Wildman–Crippen LogP) is 5.93. The Morgan fingerprint density at radius 3 is 2.04 bits per heavy atom. The van der Waals surface area contributed by atoms with Gasteiger partial charge in [0.1, 0.15) is 6.61 Å². The smallest absolute Gasteiger partial charge is 0.158 e. The van der Waals surface area contributed by atoms with E-state index < -0.39 is 0 Å². The first-order chi connectivity index (χ1) is 11.2. The molecule has 0 aromatic carbocycles. The molecule has 0 aromatic heterocycles. The van der Waals surface area contributed by atoms with E-state index in [1.54, 1.807) is 0 Å². The van der Waals surface area contributed by atoms with Gasteiger partial charge in [-0.1, -0.05) is 52.4 Å². The maximum absolute atomic E-state index is 11.4. The molecule has 0 aromatic rings. The van der Waals surface area contributed by atoms with Crippen LogP contribution in [0.3, 0.4) is 0 Å². The number of unbranched alkanes of at least 4 members (excludes halogenated alkanes) is 2. The molecule has 0 unspecified atom stereocenters. The molecule has 2 nitrogen and oxygen atoms in total. The summed E-state index contributed by atoms with van der Waals surface area (Å²) in [7, 11) is 0. The first-order valence-corrected chi connectivity index (χ1v) is 10.4. The molecule has 2 rings (SSSR count). The lowest BCUT2D eigenvalue weighted by Crippen LogP contribution is -2.29. The average molecular weight is 323 g/mol. The first-order valence-electron chi connectivity index (χ1n) is 10.4. The molecule has 0 radical (unpaired) electrons. The molecule has 0 spiro atoms. The van der Waals surface area contributed by atoms with E-state index in [9.17, 15) is 4.79 Å². The third-order valence-corrected chi connectivity index (χ3v) is 6.37. The highest BCUT2D eigenvalue weighted by Crippen LogP contribution is 2.41. The van der Waals surface area contributed by atoms with E-state index >= 15 is 0 Å². The lowest BCUT2D eigenvalue weighted by atomic mass is 9.70. The summed E-state index contributed by atoms with van der Waals surface area (Å²) < 4.78 is 5.79. The number of carbonyl (C=O) groups is 1. The van der Waals surface area contributed by atoms with Crippen LogP contribution in [0.25, 0.3) is 0 Å². The molecule has 134 valence electrons. The van der Waals surface area contributed by atoms with Gasteiger partial charge in [-0.15, -0.1) is 0 Å². The standard InChI is InChI=1S/C21H38O2/c1-3-5-6-7-17-8-10-18(11-9-17)19-12-14-21(15-13-19)23-16-20(22)4-2/h17-19,21H,3-16H2,1-2H3. The van der Waals surface area contributed by atoms with Crippen molar-refractivity contribution in [1.82, 2.24) is 0 Å². The Bertz CT molecular complexity index is 323. The second-order valence-corrected chi connectivity index (χ2v) is 8.02. The van der Waals surface area contributed by atoms with Gasteiger partial charge in [0.2, 0.25) is 0 Å². The zero-order valence-electron chi connectivity index (χ0n) is 15.5. The molecule has 0 aliphatic heterocycles. The van der Waals surface area contributed by atoms with Gasteiger partial charge < -0.3 is 4.74 Å². The predicted molar refractivity (Wildman–Crippen MR) is 96.6 cm³/mol. The van der Waals surface area contributed by atoms with E-state index in [1.807, 2.05) is 6.92 Å². The van der Waals surface area contributed by atoms with Crippen LogP contribution in [0.1, 0.15) is 97.3 Å². The molecular weight excluding hydrogens is 284 g/mol. The van der Waals surface area contributed by atoms with Crippen molar-refractivity contribution in [3.8, 4) is 0 Å². The summed E-state index contributed by atoms with van der Waals surface area (Å²) in [6, 6.07) is 0. The first kappa shape index (κ1) is 19.0. The van der Waals surface area contributed by atoms with E-state index in [-0.39, 0.29) is 5.78 Å². The Morgan fingerprint density at radius 2 is 1.48 bits per heavy atom. The van der Waals surface area contributed by atoms with Crippen molar-refractivity contribution in [2.45, 2.75) is 103 Å². The molecule has 0 bridgehead atoms.